The third-order valence-corrected chi connectivity index (χ3v) is 4.22. The van der Waals surface area contributed by atoms with Crippen molar-refractivity contribution in [1.29, 1.82) is 0 Å². The summed E-state index contributed by atoms with van der Waals surface area (Å²) < 4.78 is 6.58. The van der Waals surface area contributed by atoms with Crippen LogP contribution in [-0.4, -0.2) is 30.1 Å². The molecule has 0 aromatic heterocycles. The average Bonchev–Trinajstić information content (AvgIpc) is 2.53. The average molecular weight is 457 g/mol. The molecular weight excluding hydrogens is 442 g/mol. The Morgan fingerprint density at radius 2 is 1.83 bits per heavy atom. The fourth-order valence-corrected chi connectivity index (χ4v) is 3.46. The van der Waals surface area contributed by atoms with E-state index in [0.29, 0.717) is 11.3 Å². The lowest BCUT2D eigenvalue weighted by molar-refractivity contribution is -0.139. The smallest absolute Gasteiger partial charge is 0.326 e. The summed E-state index contributed by atoms with van der Waals surface area (Å²) in [6.45, 7) is 0. The molecule has 2 aromatic carbocycles. The zero-order chi connectivity index (χ0) is 17.7. The number of nitrogens with one attached hydrogen (secondary N) is 1. The van der Waals surface area contributed by atoms with Crippen LogP contribution in [0.1, 0.15) is 15.9 Å². The van der Waals surface area contributed by atoms with Gasteiger partial charge < -0.3 is 15.2 Å². The predicted molar refractivity (Wildman–Crippen MR) is 97.4 cm³/mol. The zero-order valence-corrected chi connectivity index (χ0v) is 15.9. The summed E-state index contributed by atoms with van der Waals surface area (Å²) >= 11 is 6.61. The lowest BCUT2D eigenvalue weighted by Crippen LogP contribution is -2.42. The van der Waals surface area contributed by atoms with Crippen molar-refractivity contribution in [1.82, 2.24) is 5.32 Å². The standard InChI is InChI=1S/C17H15Br2NO4/c1-24-14-4-2-3-10(5-14)6-15(17(22)23)20-16(21)11-7-12(18)9-13(19)8-11/h2-5,7-9,15H,6H2,1H3,(H,20,21)(H,22,23)/t15-/m1/s1. The number of carboxylic acid groups (broad SMARTS) is 1. The number of halogens is 2. The van der Waals surface area contributed by atoms with E-state index in [9.17, 15) is 14.7 Å². The number of hydrogen-bond acceptors (Lipinski definition) is 3. The van der Waals surface area contributed by atoms with Gasteiger partial charge in [-0.3, -0.25) is 4.79 Å². The zero-order valence-electron chi connectivity index (χ0n) is 12.8. The SMILES string of the molecule is COc1cccc(C[C@@H](NC(=O)c2cc(Br)cc(Br)c2)C(=O)O)c1. The van der Waals surface area contributed by atoms with Gasteiger partial charge in [0.1, 0.15) is 11.8 Å². The molecule has 0 spiro atoms. The Labute approximate surface area is 156 Å². The van der Waals surface area contributed by atoms with E-state index in [1.807, 2.05) is 0 Å². The lowest BCUT2D eigenvalue weighted by Gasteiger charge is -2.15. The number of carbonyl (C=O) groups excluding carboxylic acids is 1. The second kappa shape index (κ2) is 8.30. The Balaban J connectivity index is 2.15. The van der Waals surface area contributed by atoms with Crippen LogP contribution in [0.2, 0.25) is 0 Å². The Hall–Kier alpha value is -1.86. The Morgan fingerprint density at radius 1 is 1.17 bits per heavy atom. The Morgan fingerprint density at radius 3 is 2.42 bits per heavy atom. The first-order chi connectivity index (χ1) is 11.4. The largest absolute Gasteiger partial charge is 0.497 e. The predicted octanol–water partition coefficient (Wildman–Crippen LogP) is 3.65. The molecule has 24 heavy (non-hydrogen) atoms. The van der Waals surface area contributed by atoms with Gasteiger partial charge in [-0.25, -0.2) is 4.79 Å². The van der Waals surface area contributed by atoms with Crippen LogP contribution < -0.4 is 10.1 Å². The molecule has 0 unspecified atom stereocenters. The highest BCUT2D eigenvalue weighted by Gasteiger charge is 2.21. The minimum atomic E-state index is -1.10. The van der Waals surface area contributed by atoms with Crippen molar-refractivity contribution in [2.75, 3.05) is 7.11 Å². The van der Waals surface area contributed by atoms with Gasteiger partial charge in [0.15, 0.2) is 0 Å². The molecule has 1 atom stereocenters. The maximum atomic E-state index is 12.3. The van der Waals surface area contributed by atoms with Crippen LogP contribution >= 0.6 is 31.9 Å². The van der Waals surface area contributed by atoms with Gasteiger partial charge in [-0.1, -0.05) is 44.0 Å². The third-order valence-electron chi connectivity index (χ3n) is 3.30. The highest BCUT2D eigenvalue weighted by molar-refractivity contribution is 9.11. The molecule has 0 fully saturated rings. The van der Waals surface area contributed by atoms with Gasteiger partial charge in [-0.2, -0.15) is 0 Å². The summed E-state index contributed by atoms with van der Waals surface area (Å²) in [6, 6.07) is 11.1. The van der Waals surface area contributed by atoms with Gasteiger partial charge in [-0.05, 0) is 35.9 Å². The van der Waals surface area contributed by atoms with Gasteiger partial charge in [-0.15, -0.1) is 0 Å². The normalized spacial score (nSPS) is 11.6. The van der Waals surface area contributed by atoms with Gasteiger partial charge in [0, 0.05) is 20.9 Å². The quantitative estimate of drug-likeness (QED) is 0.695. The monoisotopic (exact) mass is 455 g/mol. The molecule has 0 radical (unpaired) electrons. The fourth-order valence-electron chi connectivity index (χ4n) is 2.16. The molecular formula is C17H15Br2NO4. The summed E-state index contributed by atoms with van der Waals surface area (Å²) in [6.07, 6.45) is 0.160. The van der Waals surface area contributed by atoms with Crippen molar-refractivity contribution >= 4 is 43.7 Å². The number of benzene rings is 2. The van der Waals surface area contributed by atoms with Crippen LogP contribution in [0, 0.1) is 0 Å². The number of methoxy groups -OCH3 is 1. The number of aliphatic carboxylic acids is 1. The molecule has 0 bridgehead atoms. The number of ether oxygens (including phenoxy) is 1. The molecule has 0 saturated heterocycles. The molecule has 0 aliphatic rings. The van der Waals surface area contributed by atoms with E-state index in [4.69, 9.17) is 4.74 Å². The summed E-state index contributed by atoms with van der Waals surface area (Å²) in [4.78, 5) is 23.8. The molecule has 126 valence electrons. The molecule has 0 aliphatic carbocycles. The van der Waals surface area contributed by atoms with E-state index in [0.717, 1.165) is 14.5 Å². The summed E-state index contributed by atoms with van der Waals surface area (Å²) in [5.41, 5.74) is 1.13. The first-order valence-corrected chi connectivity index (χ1v) is 8.60. The highest BCUT2D eigenvalue weighted by Crippen LogP contribution is 2.20. The van der Waals surface area contributed by atoms with Crippen LogP contribution in [0.3, 0.4) is 0 Å². The number of carboxylic acids is 1. The van der Waals surface area contributed by atoms with Gasteiger partial charge in [0.2, 0.25) is 0 Å². The number of carbonyl (C=O) groups is 2. The van der Waals surface area contributed by atoms with Crippen molar-refractivity contribution < 1.29 is 19.4 Å². The molecule has 0 aliphatic heterocycles. The summed E-state index contributed by atoms with van der Waals surface area (Å²) in [5.74, 6) is -0.911. The molecule has 1 amide bonds. The molecule has 0 heterocycles. The van der Waals surface area contributed by atoms with E-state index in [2.05, 4.69) is 37.2 Å². The van der Waals surface area contributed by atoms with E-state index in [1.165, 1.54) is 0 Å². The maximum Gasteiger partial charge on any atom is 0.326 e. The minimum absolute atomic E-state index is 0.160. The Kier molecular flexibility index (Phi) is 6.39. The molecule has 7 heteroatoms. The second-order valence-electron chi connectivity index (χ2n) is 5.08. The van der Waals surface area contributed by atoms with Crippen LogP contribution in [0.25, 0.3) is 0 Å². The molecule has 0 saturated carbocycles. The minimum Gasteiger partial charge on any atom is -0.497 e. The van der Waals surface area contributed by atoms with Crippen molar-refractivity contribution in [3.63, 3.8) is 0 Å². The van der Waals surface area contributed by atoms with Crippen LogP contribution in [0.15, 0.2) is 51.4 Å². The van der Waals surface area contributed by atoms with Gasteiger partial charge >= 0.3 is 5.97 Å². The fraction of sp³-hybridized carbons (Fsp3) is 0.176. The molecule has 2 N–H and O–H groups in total. The first-order valence-electron chi connectivity index (χ1n) is 7.01. The first kappa shape index (κ1) is 18.5. The van der Waals surface area contributed by atoms with Crippen LogP contribution in [-0.2, 0) is 11.2 Å². The van der Waals surface area contributed by atoms with Gasteiger partial charge in [0.25, 0.3) is 5.91 Å². The highest BCUT2D eigenvalue weighted by atomic mass is 79.9. The van der Waals surface area contributed by atoms with Crippen LogP contribution in [0.5, 0.6) is 5.75 Å². The van der Waals surface area contributed by atoms with Crippen LogP contribution in [0.4, 0.5) is 0 Å². The molecule has 5 nitrogen and oxygen atoms in total. The summed E-state index contributed by atoms with van der Waals surface area (Å²) in [7, 11) is 1.54. The van der Waals surface area contributed by atoms with Gasteiger partial charge in [0.05, 0.1) is 7.11 Å². The second-order valence-corrected chi connectivity index (χ2v) is 6.91. The van der Waals surface area contributed by atoms with Crippen molar-refractivity contribution in [2.45, 2.75) is 12.5 Å². The van der Waals surface area contributed by atoms with Crippen molar-refractivity contribution in [3.05, 3.63) is 62.5 Å². The number of amides is 1. The molecule has 2 aromatic rings. The topological polar surface area (TPSA) is 75.6 Å². The van der Waals surface area contributed by atoms with Crippen molar-refractivity contribution in [2.24, 2.45) is 0 Å². The summed E-state index contributed by atoms with van der Waals surface area (Å²) in [5, 5.41) is 12.0. The maximum absolute atomic E-state index is 12.3. The Bertz CT molecular complexity index is 744. The van der Waals surface area contributed by atoms with Crippen molar-refractivity contribution in [3.8, 4) is 5.75 Å². The third kappa shape index (κ3) is 5.07. The number of rotatable bonds is 6. The number of hydrogen-bond donors (Lipinski definition) is 2. The van der Waals surface area contributed by atoms with E-state index in [-0.39, 0.29) is 6.42 Å². The lowest BCUT2D eigenvalue weighted by atomic mass is 10.0. The van der Waals surface area contributed by atoms with E-state index >= 15 is 0 Å². The van der Waals surface area contributed by atoms with E-state index in [1.54, 1.807) is 49.6 Å². The molecule has 2 rings (SSSR count). The van der Waals surface area contributed by atoms with E-state index < -0.39 is 17.9 Å².